The molecule has 0 saturated carbocycles. The number of nitrogens with zero attached hydrogens (tertiary/aromatic N) is 3. The van der Waals surface area contributed by atoms with E-state index in [1.165, 1.54) is 12.4 Å². The molecule has 2 atom stereocenters. The lowest BCUT2D eigenvalue weighted by atomic mass is 9.77. The molecule has 0 fully saturated rings. The van der Waals surface area contributed by atoms with Gasteiger partial charge in [0.1, 0.15) is 23.9 Å². The molecule has 0 spiro atoms. The third-order valence-electron chi connectivity index (χ3n) is 5.44. The Balaban J connectivity index is 1.63. The van der Waals surface area contributed by atoms with Gasteiger partial charge in [-0.25, -0.2) is 9.07 Å². The second-order valence-electron chi connectivity index (χ2n) is 7.06. The fourth-order valence-electron chi connectivity index (χ4n) is 4.19. The van der Waals surface area contributed by atoms with Crippen LogP contribution in [0, 0.1) is 5.82 Å². The van der Waals surface area contributed by atoms with Gasteiger partial charge in [0.2, 0.25) is 5.95 Å². The molecule has 2 aliphatic rings. The summed E-state index contributed by atoms with van der Waals surface area (Å²) in [6.45, 7) is 0. The molecule has 1 aliphatic heterocycles. The molecule has 3 aromatic rings. The minimum Gasteiger partial charge on any atom is -0.508 e. The van der Waals surface area contributed by atoms with E-state index in [2.05, 4.69) is 15.4 Å². The monoisotopic (exact) mass is 376 g/mol. The Bertz CT molecular complexity index is 1120. The predicted octanol–water partition coefficient (Wildman–Crippen LogP) is 3.54. The Morgan fingerprint density at radius 3 is 2.61 bits per heavy atom. The van der Waals surface area contributed by atoms with Crippen LogP contribution < -0.4 is 5.32 Å². The number of allylic oxidation sites excluding steroid dienone is 2. The van der Waals surface area contributed by atoms with Crippen molar-refractivity contribution in [1.29, 1.82) is 0 Å². The van der Waals surface area contributed by atoms with Crippen LogP contribution in [0.25, 0.3) is 0 Å². The van der Waals surface area contributed by atoms with E-state index < -0.39 is 11.9 Å². The molecule has 2 N–H and O–H groups in total. The molecule has 28 heavy (non-hydrogen) atoms. The molecule has 0 amide bonds. The molecule has 2 heterocycles. The number of benzene rings is 2. The molecule has 0 bridgehead atoms. The first-order valence-electron chi connectivity index (χ1n) is 9.08. The first-order valence-corrected chi connectivity index (χ1v) is 9.08. The molecule has 0 saturated heterocycles. The first kappa shape index (κ1) is 16.7. The van der Waals surface area contributed by atoms with E-state index in [0.717, 1.165) is 5.56 Å². The van der Waals surface area contributed by atoms with Crippen LogP contribution in [-0.4, -0.2) is 25.7 Å². The summed E-state index contributed by atoms with van der Waals surface area (Å²) in [5, 5.41) is 17.6. The van der Waals surface area contributed by atoms with Gasteiger partial charge in [-0.3, -0.25) is 4.79 Å². The lowest BCUT2D eigenvalue weighted by Gasteiger charge is -2.35. The van der Waals surface area contributed by atoms with Gasteiger partial charge in [0.05, 0.1) is 0 Å². The Kier molecular flexibility index (Phi) is 3.75. The number of fused-ring (bicyclic) bond motifs is 1. The van der Waals surface area contributed by atoms with Crippen molar-refractivity contribution in [1.82, 2.24) is 14.8 Å². The van der Waals surface area contributed by atoms with Gasteiger partial charge in [-0.05, 0) is 24.1 Å². The number of anilines is 1. The number of rotatable bonds is 2. The highest BCUT2D eigenvalue weighted by atomic mass is 19.1. The van der Waals surface area contributed by atoms with Crippen LogP contribution >= 0.6 is 0 Å². The van der Waals surface area contributed by atoms with Gasteiger partial charge in [-0.1, -0.05) is 36.4 Å². The van der Waals surface area contributed by atoms with Crippen LogP contribution in [0.2, 0.25) is 0 Å². The van der Waals surface area contributed by atoms with Crippen LogP contribution in [-0.2, 0) is 4.79 Å². The fraction of sp³-hybridized carbons (Fsp3) is 0.190. The zero-order chi connectivity index (χ0) is 19.3. The van der Waals surface area contributed by atoms with Crippen molar-refractivity contribution in [3.8, 4) is 5.75 Å². The number of phenols is 1. The second kappa shape index (κ2) is 6.30. The van der Waals surface area contributed by atoms with Crippen LogP contribution in [0.15, 0.2) is 66.1 Å². The number of carbonyl (C=O) groups excluding carboxylic acids is 1. The molecule has 140 valence electrons. The lowest BCUT2D eigenvalue weighted by molar-refractivity contribution is -0.116. The maximum absolute atomic E-state index is 14.6. The topological polar surface area (TPSA) is 80.0 Å². The van der Waals surface area contributed by atoms with E-state index in [4.69, 9.17) is 0 Å². The van der Waals surface area contributed by atoms with Gasteiger partial charge in [0, 0.05) is 29.2 Å². The maximum Gasteiger partial charge on any atom is 0.226 e. The normalized spacial score (nSPS) is 21.1. The van der Waals surface area contributed by atoms with E-state index in [1.54, 1.807) is 35.0 Å². The SMILES string of the molecule is O=C1C[C@H](c2ccccc2O)CC2=C1[C@H](c1ccccc1F)n1ncnc1N2. The number of carbonyl (C=O) groups is 1. The molecule has 1 aliphatic carbocycles. The van der Waals surface area contributed by atoms with Crippen LogP contribution in [0.5, 0.6) is 5.75 Å². The van der Waals surface area contributed by atoms with Gasteiger partial charge in [-0.15, -0.1) is 0 Å². The zero-order valence-corrected chi connectivity index (χ0v) is 14.8. The molecule has 0 radical (unpaired) electrons. The molecule has 2 aromatic carbocycles. The summed E-state index contributed by atoms with van der Waals surface area (Å²) in [7, 11) is 0. The molecule has 5 rings (SSSR count). The molecule has 0 unspecified atom stereocenters. The van der Waals surface area contributed by atoms with E-state index in [0.29, 0.717) is 29.2 Å². The van der Waals surface area contributed by atoms with Crippen LogP contribution in [0.4, 0.5) is 10.3 Å². The minimum atomic E-state index is -0.659. The summed E-state index contributed by atoms with van der Waals surface area (Å²) in [5.41, 5.74) is 2.34. The van der Waals surface area contributed by atoms with E-state index in [-0.39, 0.29) is 23.9 Å². The van der Waals surface area contributed by atoms with E-state index >= 15 is 0 Å². The highest BCUT2D eigenvalue weighted by Crippen LogP contribution is 2.45. The Hall–Kier alpha value is -3.48. The van der Waals surface area contributed by atoms with Gasteiger partial charge >= 0.3 is 0 Å². The predicted molar refractivity (Wildman–Crippen MR) is 100 cm³/mol. The van der Waals surface area contributed by atoms with E-state index in [9.17, 15) is 14.3 Å². The summed E-state index contributed by atoms with van der Waals surface area (Å²) in [6, 6.07) is 12.8. The highest BCUT2D eigenvalue weighted by Gasteiger charge is 2.40. The van der Waals surface area contributed by atoms with Crippen molar-refractivity contribution in [2.75, 3.05) is 5.32 Å². The summed E-state index contributed by atoms with van der Waals surface area (Å²) in [4.78, 5) is 17.4. The van der Waals surface area contributed by atoms with Crippen molar-refractivity contribution >= 4 is 11.7 Å². The minimum absolute atomic E-state index is 0.0867. The molecular formula is C21H17FN4O2. The van der Waals surface area contributed by atoms with Crippen molar-refractivity contribution in [2.24, 2.45) is 0 Å². The average molecular weight is 376 g/mol. The number of hydrogen-bond donors (Lipinski definition) is 2. The number of halogens is 1. The Morgan fingerprint density at radius 1 is 1.07 bits per heavy atom. The largest absolute Gasteiger partial charge is 0.508 e. The van der Waals surface area contributed by atoms with Crippen molar-refractivity contribution in [3.05, 3.63) is 83.1 Å². The summed E-state index contributed by atoms with van der Waals surface area (Å²) in [5.74, 6) is 0.0112. The summed E-state index contributed by atoms with van der Waals surface area (Å²) in [6.07, 6.45) is 2.16. The fourth-order valence-corrected chi connectivity index (χ4v) is 4.19. The first-order chi connectivity index (χ1) is 13.6. The average Bonchev–Trinajstić information content (AvgIpc) is 3.15. The van der Waals surface area contributed by atoms with E-state index in [1.807, 2.05) is 12.1 Å². The molecular weight excluding hydrogens is 359 g/mol. The molecule has 6 nitrogen and oxygen atoms in total. The quantitative estimate of drug-likeness (QED) is 0.715. The van der Waals surface area contributed by atoms with Gasteiger partial charge in [-0.2, -0.15) is 10.1 Å². The number of phenolic OH excluding ortho intramolecular Hbond substituents is 1. The number of aromatic hydroxyl groups is 1. The number of aromatic nitrogens is 3. The molecule has 7 heteroatoms. The van der Waals surface area contributed by atoms with Gasteiger partial charge in [0.25, 0.3) is 0 Å². The van der Waals surface area contributed by atoms with Crippen LogP contribution in [0.1, 0.15) is 35.9 Å². The zero-order valence-electron chi connectivity index (χ0n) is 14.8. The second-order valence-corrected chi connectivity index (χ2v) is 7.06. The van der Waals surface area contributed by atoms with Gasteiger partial charge < -0.3 is 10.4 Å². The Morgan fingerprint density at radius 2 is 1.82 bits per heavy atom. The van der Waals surface area contributed by atoms with Crippen molar-refractivity contribution in [2.45, 2.75) is 24.8 Å². The Labute approximate surface area is 160 Å². The third kappa shape index (κ3) is 2.51. The van der Waals surface area contributed by atoms with Crippen molar-refractivity contribution < 1.29 is 14.3 Å². The highest BCUT2D eigenvalue weighted by molar-refractivity contribution is 6.00. The lowest BCUT2D eigenvalue weighted by Crippen LogP contribution is -2.34. The third-order valence-corrected chi connectivity index (χ3v) is 5.44. The number of Topliss-reactive ketones (excluding diaryl/α,β-unsaturated/α-hetero) is 1. The van der Waals surface area contributed by atoms with Gasteiger partial charge in [0.15, 0.2) is 5.78 Å². The summed E-state index contributed by atoms with van der Waals surface area (Å²) < 4.78 is 16.2. The number of hydrogen-bond acceptors (Lipinski definition) is 5. The van der Waals surface area contributed by atoms with Crippen LogP contribution in [0.3, 0.4) is 0 Å². The maximum atomic E-state index is 14.6. The summed E-state index contributed by atoms with van der Waals surface area (Å²) >= 11 is 0. The number of ketones is 1. The van der Waals surface area contributed by atoms with Crippen molar-refractivity contribution in [3.63, 3.8) is 0 Å². The number of nitrogens with one attached hydrogen (secondary N) is 1. The smallest absolute Gasteiger partial charge is 0.226 e. The standard InChI is InChI=1S/C21H17FN4O2/c22-15-7-3-1-6-14(15)20-19-16(25-21-23-11-24-26(20)21)9-12(10-18(19)28)13-5-2-4-8-17(13)27/h1-8,11-12,20,27H,9-10H2,(H,23,24,25)/t12-,20+/m1/s1. The number of para-hydroxylation sites is 1. The molecule has 1 aromatic heterocycles.